The fourth-order valence-electron chi connectivity index (χ4n) is 4.08. The van der Waals surface area contributed by atoms with Crippen LogP contribution in [-0.2, 0) is 23.8 Å². The van der Waals surface area contributed by atoms with E-state index >= 15 is 0 Å². The molecular formula is C33H32N6O8. The Morgan fingerprint density at radius 2 is 1.06 bits per heavy atom. The Morgan fingerprint density at radius 1 is 0.681 bits per heavy atom. The number of carbonyl (C=O) groups is 3. The fourth-order valence-corrected chi connectivity index (χ4v) is 4.08. The number of anilines is 3. The second-order valence-corrected chi connectivity index (χ2v) is 10.5. The molecule has 3 rings (SSSR count). The minimum absolute atomic E-state index is 0.232. The summed E-state index contributed by atoms with van der Waals surface area (Å²) >= 11 is 0. The predicted octanol–water partition coefficient (Wildman–Crippen LogP) is 6.86. The third kappa shape index (κ3) is 10.4. The lowest BCUT2D eigenvalue weighted by molar-refractivity contribution is -0.0104. The molecule has 47 heavy (non-hydrogen) atoms. The summed E-state index contributed by atoms with van der Waals surface area (Å²) in [7, 11) is 0. The van der Waals surface area contributed by atoms with Gasteiger partial charge in [-0.2, -0.15) is 15.2 Å². The van der Waals surface area contributed by atoms with E-state index in [4.69, 9.17) is 14.2 Å². The molecule has 3 aromatic carbocycles. The van der Waals surface area contributed by atoms with E-state index in [1.54, 1.807) is 64.1 Å². The molecule has 242 valence electrons. The third-order valence-electron chi connectivity index (χ3n) is 7.13. The summed E-state index contributed by atoms with van der Waals surface area (Å²) in [6, 6.07) is 16.2. The van der Waals surface area contributed by atoms with Crippen LogP contribution >= 0.6 is 0 Å². The van der Waals surface area contributed by atoms with Gasteiger partial charge in [-0.15, -0.1) is 0 Å². The van der Waals surface area contributed by atoms with Gasteiger partial charge < -0.3 is 14.2 Å². The zero-order valence-corrected chi connectivity index (χ0v) is 26.1. The molecule has 0 aliphatic heterocycles. The van der Waals surface area contributed by atoms with Crippen molar-refractivity contribution in [2.75, 3.05) is 35.8 Å². The number of carbonyl (C=O) groups excluding carboxylic acids is 5. The van der Waals surface area contributed by atoms with Crippen molar-refractivity contribution in [3.05, 3.63) is 76.9 Å². The smallest absolute Gasteiger partial charge is 0.411 e. The highest BCUT2D eigenvalue weighted by molar-refractivity contribution is 5.87. The van der Waals surface area contributed by atoms with Crippen LogP contribution in [0.15, 0.2) is 64.6 Å². The number of hydrogen-bond acceptors (Lipinski definition) is 11. The maximum absolute atomic E-state index is 12.7. The summed E-state index contributed by atoms with van der Waals surface area (Å²) in [5.74, 6) is 0. The van der Waals surface area contributed by atoms with Gasteiger partial charge in [-0.1, -0.05) is 25.1 Å². The average Bonchev–Trinajstić information content (AvgIpc) is 3.05. The molecule has 14 nitrogen and oxygen atoms in total. The van der Waals surface area contributed by atoms with Gasteiger partial charge in [0, 0.05) is 17.1 Å². The standard InChI is InChI=1S/C33H32N6O8/c1-5-33(16-45-30(42)37-25-9-6-21(2)24(12-25)15-34,17-46-31(43)38-26-10-7-22(3)28(13-26)35-19-40)18-47-32(44)39-27-11-8-23(4)29(14-27)36-20-41/h6-14H,5,16-18H2,1-4H3,(H,37,42)(H,38,43)(H,39,44). The zero-order chi connectivity index (χ0) is 34.4. The van der Waals surface area contributed by atoms with E-state index < -0.39 is 23.7 Å². The molecule has 0 atom stereocenters. The number of nitrogens with zero attached hydrogens (tertiary/aromatic N) is 3. The van der Waals surface area contributed by atoms with Crippen molar-refractivity contribution in [2.45, 2.75) is 34.1 Å². The molecule has 0 spiro atoms. The van der Waals surface area contributed by atoms with Gasteiger partial charge in [0.05, 0.1) is 28.4 Å². The van der Waals surface area contributed by atoms with E-state index in [9.17, 15) is 29.2 Å². The number of ether oxygens (including phenoxy) is 3. The fraction of sp³-hybridized carbons (Fsp3) is 0.273. The van der Waals surface area contributed by atoms with Gasteiger partial charge >= 0.3 is 18.3 Å². The Morgan fingerprint density at radius 3 is 1.43 bits per heavy atom. The number of benzene rings is 3. The van der Waals surface area contributed by atoms with Crippen molar-refractivity contribution < 1.29 is 38.2 Å². The number of isocyanates is 2. The van der Waals surface area contributed by atoms with E-state index in [2.05, 4.69) is 25.9 Å². The van der Waals surface area contributed by atoms with E-state index in [1.165, 1.54) is 30.4 Å². The molecule has 0 fully saturated rings. The molecule has 0 saturated heterocycles. The summed E-state index contributed by atoms with van der Waals surface area (Å²) in [5.41, 5.74) is 2.86. The monoisotopic (exact) mass is 640 g/mol. The molecule has 0 aromatic heterocycles. The second kappa shape index (κ2) is 16.7. The first-order chi connectivity index (χ1) is 22.5. The Hall–Kier alpha value is -6.28. The molecular weight excluding hydrogens is 608 g/mol. The zero-order valence-electron chi connectivity index (χ0n) is 26.1. The van der Waals surface area contributed by atoms with Gasteiger partial charge in [0.15, 0.2) is 0 Å². The predicted molar refractivity (Wildman–Crippen MR) is 171 cm³/mol. The third-order valence-corrected chi connectivity index (χ3v) is 7.13. The molecule has 3 amide bonds. The van der Waals surface area contributed by atoms with Gasteiger partial charge in [-0.05, 0) is 80.3 Å². The first-order valence-corrected chi connectivity index (χ1v) is 14.2. The van der Waals surface area contributed by atoms with E-state index in [0.717, 1.165) is 5.56 Å². The maximum Gasteiger partial charge on any atom is 0.411 e. The van der Waals surface area contributed by atoms with E-state index in [-0.39, 0.29) is 26.2 Å². The first-order valence-electron chi connectivity index (χ1n) is 14.2. The van der Waals surface area contributed by atoms with Crippen LogP contribution in [0.5, 0.6) is 0 Å². The van der Waals surface area contributed by atoms with Gasteiger partial charge in [0.25, 0.3) is 0 Å². The minimum atomic E-state index is -1.20. The molecule has 0 radical (unpaired) electrons. The van der Waals surface area contributed by atoms with Crippen molar-refractivity contribution in [2.24, 2.45) is 15.4 Å². The van der Waals surface area contributed by atoms with Crippen LogP contribution in [0.3, 0.4) is 0 Å². The van der Waals surface area contributed by atoms with Gasteiger partial charge in [0.1, 0.15) is 19.8 Å². The van der Waals surface area contributed by atoms with Crippen molar-refractivity contribution in [1.82, 2.24) is 0 Å². The van der Waals surface area contributed by atoms with Gasteiger partial charge in [-0.3, -0.25) is 16.0 Å². The molecule has 0 heterocycles. The Bertz CT molecular complexity index is 1700. The topological polar surface area (TPSA) is 198 Å². The molecule has 14 heteroatoms. The number of nitrogens with one attached hydrogen (secondary N) is 3. The molecule has 3 aromatic rings. The number of aliphatic imine (C=N–C) groups is 2. The van der Waals surface area contributed by atoms with Crippen molar-refractivity contribution in [1.29, 1.82) is 5.26 Å². The first kappa shape index (κ1) is 35.2. The highest BCUT2D eigenvalue weighted by Crippen LogP contribution is 2.27. The summed E-state index contributed by atoms with van der Waals surface area (Å²) in [5, 5.41) is 16.9. The van der Waals surface area contributed by atoms with Crippen LogP contribution in [0.2, 0.25) is 0 Å². The number of aryl methyl sites for hydroxylation is 3. The van der Waals surface area contributed by atoms with Crippen molar-refractivity contribution in [3.63, 3.8) is 0 Å². The quantitative estimate of drug-likeness (QED) is 0.107. The lowest BCUT2D eigenvalue weighted by Crippen LogP contribution is -2.40. The van der Waals surface area contributed by atoms with Crippen LogP contribution in [0, 0.1) is 37.5 Å². The molecule has 0 aliphatic rings. The summed E-state index contributed by atoms with van der Waals surface area (Å²) in [4.78, 5) is 66.8. The SMILES string of the molecule is CCC(COC(=O)Nc1ccc(C)c(C#N)c1)(COC(=O)Nc1ccc(C)c(N=C=O)c1)COC(=O)Nc1ccc(C)c(N=C=O)c1. The van der Waals surface area contributed by atoms with Crippen LogP contribution in [0.1, 0.15) is 35.6 Å². The summed E-state index contributed by atoms with van der Waals surface area (Å²) in [6.45, 7) is 5.95. The van der Waals surface area contributed by atoms with Crippen LogP contribution < -0.4 is 16.0 Å². The normalized spacial score (nSPS) is 11.3. The molecule has 0 aliphatic carbocycles. The van der Waals surface area contributed by atoms with Crippen LogP contribution in [0.25, 0.3) is 0 Å². The van der Waals surface area contributed by atoms with Gasteiger partial charge in [-0.25, -0.2) is 24.0 Å². The lowest BCUT2D eigenvalue weighted by Gasteiger charge is -2.31. The van der Waals surface area contributed by atoms with Crippen molar-refractivity contribution >= 4 is 58.9 Å². The second-order valence-electron chi connectivity index (χ2n) is 10.5. The minimum Gasteiger partial charge on any atom is -0.448 e. The van der Waals surface area contributed by atoms with Crippen LogP contribution in [-0.4, -0.2) is 50.3 Å². The average molecular weight is 641 g/mol. The van der Waals surface area contributed by atoms with Crippen molar-refractivity contribution in [3.8, 4) is 6.07 Å². The maximum atomic E-state index is 12.7. The number of nitriles is 1. The van der Waals surface area contributed by atoms with E-state index in [1.807, 2.05) is 6.07 Å². The van der Waals surface area contributed by atoms with Gasteiger partial charge in [0.2, 0.25) is 12.2 Å². The van der Waals surface area contributed by atoms with Crippen LogP contribution in [0.4, 0.5) is 42.8 Å². The highest BCUT2D eigenvalue weighted by atomic mass is 16.6. The molecule has 0 unspecified atom stereocenters. The van der Waals surface area contributed by atoms with E-state index in [0.29, 0.717) is 45.1 Å². The highest BCUT2D eigenvalue weighted by Gasteiger charge is 2.34. The summed E-state index contributed by atoms with van der Waals surface area (Å²) < 4.78 is 16.4. The largest absolute Gasteiger partial charge is 0.448 e. The molecule has 3 N–H and O–H groups in total. The Kier molecular flexibility index (Phi) is 12.5. The molecule has 0 saturated carbocycles. The Labute approximate surface area is 270 Å². The lowest BCUT2D eigenvalue weighted by atomic mass is 9.88. The number of rotatable bonds is 12. The number of amides is 3. The molecule has 0 bridgehead atoms. The number of hydrogen-bond donors (Lipinski definition) is 3. The Balaban J connectivity index is 1.73. The summed E-state index contributed by atoms with van der Waals surface area (Å²) in [6.07, 6.45) is 0.560.